The Morgan fingerprint density at radius 3 is 2.62 bits per heavy atom. The predicted molar refractivity (Wildman–Crippen MR) is 95.8 cm³/mol. The number of rotatable bonds is 4. The van der Waals surface area contributed by atoms with Crippen molar-refractivity contribution in [2.24, 2.45) is 0 Å². The molecule has 1 saturated heterocycles. The lowest BCUT2D eigenvalue weighted by Crippen LogP contribution is -2.52. The average Bonchev–Trinajstić information content (AvgIpc) is 2.84. The smallest absolute Gasteiger partial charge is 0.343 e. The molecule has 0 bridgehead atoms. The Hall–Kier alpha value is -2.42. The summed E-state index contributed by atoms with van der Waals surface area (Å²) in [5.41, 5.74) is 1.77. The summed E-state index contributed by atoms with van der Waals surface area (Å²) in [6.45, 7) is -0.352. The molecule has 138 valence electrons. The maximum Gasteiger partial charge on any atom is 0.344 e. The molecule has 0 atom stereocenters. The monoisotopic (exact) mass is 422 g/mol. The first-order valence-electron chi connectivity index (χ1n) is 8.41. The van der Waals surface area contributed by atoms with Crippen LogP contribution >= 0.6 is 15.9 Å². The van der Waals surface area contributed by atoms with Crippen molar-refractivity contribution < 1.29 is 19.2 Å². The van der Waals surface area contributed by atoms with Gasteiger partial charge in [0.1, 0.15) is 5.54 Å². The molecule has 8 nitrogen and oxygen atoms in total. The standard InChI is InChI=1S/C17H19BrN4O4/c18-12-6-4-5-11(9-12)14(24)19-10-13(23)21-22-15(25)17(20-16(22)26)7-2-1-3-8-17/h4-6,9H,1-3,7-8,10H2,(H,19,24)(H,20,26)(H,21,23). The highest BCUT2D eigenvalue weighted by Gasteiger charge is 2.52. The van der Waals surface area contributed by atoms with Crippen LogP contribution in [0.4, 0.5) is 4.79 Å². The van der Waals surface area contributed by atoms with Gasteiger partial charge < -0.3 is 10.6 Å². The van der Waals surface area contributed by atoms with E-state index in [9.17, 15) is 19.2 Å². The summed E-state index contributed by atoms with van der Waals surface area (Å²) in [5, 5.41) is 5.88. The number of hydrogen-bond acceptors (Lipinski definition) is 4. The lowest BCUT2D eigenvalue weighted by Gasteiger charge is -2.30. The van der Waals surface area contributed by atoms with E-state index in [-0.39, 0.29) is 6.54 Å². The third-order valence-electron chi connectivity index (χ3n) is 4.60. The molecule has 0 aromatic heterocycles. The Labute approximate surface area is 158 Å². The molecule has 1 heterocycles. The summed E-state index contributed by atoms with van der Waals surface area (Å²) in [6.07, 6.45) is 3.89. The van der Waals surface area contributed by atoms with Crippen molar-refractivity contribution in [1.29, 1.82) is 0 Å². The molecule has 0 unspecified atom stereocenters. The molecule has 3 rings (SSSR count). The number of amides is 5. The van der Waals surface area contributed by atoms with Crippen molar-refractivity contribution in [2.45, 2.75) is 37.6 Å². The second-order valence-corrected chi connectivity index (χ2v) is 7.36. The van der Waals surface area contributed by atoms with E-state index in [4.69, 9.17) is 0 Å². The Kier molecular flexibility index (Phi) is 5.26. The molecule has 1 aliphatic carbocycles. The second-order valence-electron chi connectivity index (χ2n) is 6.44. The van der Waals surface area contributed by atoms with Gasteiger partial charge in [-0.25, -0.2) is 4.79 Å². The normalized spacial score (nSPS) is 18.6. The van der Waals surface area contributed by atoms with Crippen LogP contribution < -0.4 is 16.1 Å². The van der Waals surface area contributed by atoms with Gasteiger partial charge in [-0.2, -0.15) is 5.01 Å². The van der Waals surface area contributed by atoms with Crippen LogP contribution in [0.1, 0.15) is 42.5 Å². The molecule has 5 amide bonds. The van der Waals surface area contributed by atoms with Gasteiger partial charge in [0.2, 0.25) is 0 Å². The number of halogens is 1. The number of urea groups is 1. The number of hydrogen-bond donors (Lipinski definition) is 3. The molecule has 26 heavy (non-hydrogen) atoms. The van der Waals surface area contributed by atoms with E-state index in [2.05, 4.69) is 32.0 Å². The fourth-order valence-electron chi connectivity index (χ4n) is 3.27. The fraction of sp³-hybridized carbons (Fsp3) is 0.412. The van der Waals surface area contributed by atoms with Gasteiger partial charge in [0.15, 0.2) is 0 Å². The van der Waals surface area contributed by atoms with Gasteiger partial charge in [0, 0.05) is 10.0 Å². The number of nitrogens with one attached hydrogen (secondary N) is 3. The molecule has 1 aromatic rings. The summed E-state index contributed by atoms with van der Waals surface area (Å²) in [4.78, 5) is 48.7. The summed E-state index contributed by atoms with van der Waals surface area (Å²) in [6, 6.07) is 6.08. The zero-order valence-corrected chi connectivity index (χ0v) is 15.6. The Bertz CT molecular complexity index is 761. The quantitative estimate of drug-likeness (QED) is 0.638. The number of nitrogens with zero attached hydrogens (tertiary/aromatic N) is 1. The van der Waals surface area contributed by atoms with Gasteiger partial charge in [-0.1, -0.05) is 41.3 Å². The summed E-state index contributed by atoms with van der Waals surface area (Å²) < 4.78 is 0.742. The van der Waals surface area contributed by atoms with E-state index in [0.29, 0.717) is 18.4 Å². The van der Waals surface area contributed by atoms with Crippen molar-refractivity contribution in [3.05, 3.63) is 34.3 Å². The van der Waals surface area contributed by atoms with E-state index in [0.717, 1.165) is 28.7 Å². The van der Waals surface area contributed by atoms with E-state index < -0.39 is 29.3 Å². The van der Waals surface area contributed by atoms with Crippen molar-refractivity contribution in [3.8, 4) is 0 Å². The molecule has 2 aliphatic rings. The Morgan fingerprint density at radius 1 is 1.19 bits per heavy atom. The van der Waals surface area contributed by atoms with Crippen LogP contribution in [0.5, 0.6) is 0 Å². The van der Waals surface area contributed by atoms with Gasteiger partial charge in [-0.3, -0.25) is 19.8 Å². The van der Waals surface area contributed by atoms with Crippen LogP contribution in [-0.4, -0.2) is 40.8 Å². The predicted octanol–water partition coefficient (Wildman–Crippen LogP) is 1.46. The highest BCUT2D eigenvalue weighted by atomic mass is 79.9. The summed E-state index contributed by atoms with van der Waals surface area (Å²) in [7, 11) is 0. The number of benzene rings is 1. The lowest BCUT2D eigenvalue weighted by atomic mass is 9.82. The van der Waals surface area contributed by atoms with E-state index in [1.165, 1.54) is 0 Å². The molecule has 9 heteroatoms. The minimum Gasteiger partial charge on any atom is -0.343 e. The van der Waals surface area contributed by atoms with Crippen LogP contribution in [-0.2, 0) is 9.59 Å². The maximum absolute atomic E-state index is 12.6. The van der Waals surface area contributed by atoms with Gasteiger partial charge in [0.25, 0.3) is 17.7 Å². The van der Waals surface area contributed by atoms with E-state index in [1.807, 2.05) is 0 Å². The summed E-state index contributed by atoms with van der Waals surface area (Å²) >= 11 is 3.27. The largest absolute Gasteiger partial charge is 0.344 e. The maximum atomic E-state index is 12.6. The minimum absolute atomic E-state index is 0.352. The SMILES string of the molecule is O=C(CNC(=O)c1cccc(Br)c1)NN1C(=O)NC2(CCCCC2)C1=O. The molecule has 1 aliphatic heterocycles. The molecule has 2 fully saturated rings. The van der Waals surface area contributed by atoms with Gasteiger partial charge in [0.05, 0.1) is 6.54 Å². The number of imide groups is 1. The van der Waals surface area contributed by atoms with Crippen molar-refractivity contribution in [1.82, 2.24) is 21.1 Å². The van der Waals surface area contributed by atoms with Crippen LogP contribution in [0.2, 0.25) is 0 Å². The third kappa shape index (κ3) is 3.72. The van der Waals surface area contributed by atoms with Gasteiger partial charge >= 0.3 is 6.03 Å². The number of hydrazine groups is 1. The topological polar surface area (TPSA) is 108 Å². The molecule has 0 radical (unpaired) electrons. The van der Waals surface area contributed by atoms with E-state index >= 15 is 0 Å². The highest BCUT2D eigenvalue weighted by molar-refractivity contribution is 9.10. The van der Waals surface area contributed by atoms with E-state index in [1.54, 1.807) is 24.3 Å². The zero-order chi connectivity index (χ0) is 18.7. The first-order valence-corrected chi connectivity index (χ1v) is 9.20. The molecule has 1 saturated carbocycles. The van der Waals surface area contributed by atoms with Gasteiger partial charge in [-0.15, -0.1) is 0 Å². The minimum atomic E-state index is -0.901. The van der Waals surface area contributed by atoms with Crippen LogP contribution in [0.15, 0.2) is 28.7 Å². The van der Waals surface area contributed by atoms with Crippen LogP contribution in [0, 0.1) is 0 Å². The molecule has 3 N–H and O–H groups in total. The van der Waals surface area contributed by atoms with Crippen LogP contribution in [0.25, 0.3) is 0 Å². The molecular formula is C17H19BrN4O4. The van der Waals surface area contributed by atoms with Gasteiger partial charge in [-0.05, 0) is 31.0 Å². The zero-order valence-electron chi connectivity index (χ0n) is 14.0. The Morgan fingerprint density at radius 2 is 1.92 bits per heavy atom. The highest BCUT2D eigenvalue weighted by Crippen LogP contribution is 2.32. The molecule has 1 aromatic carbocycles. The van der Waals surface area contributed by atoms with Crippen molar-refractivity contribution in [2.75, 3.05) is 6.54 Å². The Balaban J connectivity index is 1.55. The first-order chi connectivity index (χ1) is 12.4. The summed E-state index contributed by atoms with van der Waals surface area (Å²) in [5.74, 6) is -1.51. The molecule has 1 spiro atoms. The van der Waals surface area contributed by atoms with Crippen molar-refractivity contribution >= 4 is 39.7 Å². The number of carbonyl (C=O) groups excluding carboxylic acids is 4. The lowest BCUT2D eigenvalue weighted by molar-refractivity contribution is -0.139. The average molecular weight is 423 g/mol. The number of carbonyl (C=O) groups is 4. The fourth-order valence-corrected chi connectivity index (χ4v) is 3.67. The second kappa shape index (κ2) is 7.45. The third-order valence-corrected chi connectivity index (χ3v) is 5.09. The molecular weight excluding hydrogens is 404 g/mol. The first kappa shape index (κ1) is 18.4. The van der Waals surface area contributed by atoms with Crippen LogP contribution in [0.3, 0.4) is 0 Å². The van der Waals surface area contributed by atoms with Crippen molar-refractivity contribution in [3.63, 3.8) is 0 Å².